The number of carbonyl (C=O) groups excluding carboxylic acids is 1. The average molecular weight is 600 g/mol. The molecule has 2 aromatic carbocycles. The minimum atomic E-state index is -1.34. The van der Waals surface area contributed by atoms with E-state index in [1.165, 1.54) is 4.57 Å². The van der Waals surface area contributed by atoms with Crippen LogP contribution in [-0.4, -0.2) is 62.4 Å². The molecule has 230 valence electrons. The minimum absolute atomic E-state index is 0.0112. The lowest BCUT2D eigenvalue weighted by Crippen LogP contribution is -2.47. The van der Waals surface area contributed by atoms with Crippen LogP contribution in [0.5, 0.6) is 0 Å². The summed E-state index contributed by atoms with van der Waals surface area (Å²) in [5.74, 6) is 0.693. The molecule has 1 fully saturated rings. The molecule has 3 heterocycles. The number of piperidine rings is 1. The van der Waals surface area contributed by atoms with Crippen LogP contribution < -0.4 is 21.2 Å². The highest BCUT2D eigenvalue weighted by atomic mass is 16.5. The van der Waals surface area contributed by atoms with Gasteiger partial charge in [-0.05, 0) is 62.1 Å². The lowest BCUT2D eigenvalue weighted by molar-refractivity contribution is -0.139. The maximum Gasteiger partial charge on any atom is 0.408 e. The molecule has 1 atom stereocenters. The highest BCUT2D eigenvalue weighted by Crippen LogP contribution is 2.30. The highest BCUT2D eigenvalue weighted by molar-refractivity contribution is 5.80. The van der Waals surface area contributed by atoms with Crippen molar-refractivity contribution in [2.24, 2.45) is 5.92 Å². The molecule has 6 rings (SSSR count). The van der Waals surface area contributed by atoms with Crippen molar-refractivity contribution in [3.63, 3.8) is 0 Å². The van der Waals surface area contributed by atoms with Crippen molar-refractivity contribution in [3.05, 3.63) is 81.9 Å². The zero-order valence-corrected chi connectivity index (χ0v) is 24.5. The van der Waals surface area contributed by atoms with Crippen molar-refractivity contribution in [2.75, 3.05) is 29.9 Å². The molecule has 12 heteroatoms. The number of nitrogens with one attached hydrogen (secondary N) is 3. The maximum atomic E-state index is 13.4. The second-order valence-electron chi connectivity index (χ2n) is 11.5. The number of rotatable bonds is 10. The number of aliphatic carboxylic acids is 1. The highest BCUT2D eigenvalue weighted by Gasteiger charge is 2.29. The van der Waals surface area contributed by atoms with Crippen molar-refractivity contribution in [2.45, 2.75) is 57.7 Å². The number of para-hydroxylation sites is 2. The molecule has 1 aliphatic heterocycles. The van der Waals surface area contributed by atoms with Crippen LogP contribution in [0.3, 0.4) is 0 Å². The Morgan fingerprint density at radius 1 is 1.02 bits per heavy atom. The smallest absolute Gasteiger partial charge is 0.408 e. The second kappa shape index (κ2) is 13.2. The van der Waals surface area contributed by atoms with Gasteiger partial charge < -0.3 is 30.4 Å². The number of hydrogen-bond donors (Lipinski definition) is 4. The molecule has 12 nitrogen and oxygen atoms in total. The third-order valence-corrected chi connectivity index (χ3v) is 8.50. The summed E-state index contributed by atoms with van der Waals surface area (Å²) in [6.07, 6.45) is 4.34. The summed E-state index contributed by atoms with van der Waals surface area (Å²) >= 11 is 0. The van der Waals surface area contributed by atoms with Crippen LogP contribution in [0.25, 0.3) is 11.0 Å². The van der Waals surface area contributed by atoms with Gasteiger partial charge >= 0.3 is 17.8 Å². The summed E-state index contributed by atoms with van der Waals surface area (Å²) in [5.41, 5.74) is 4.04. The van der Waals surface area contributed by atoms with Gasteiger partial charge in [0.25, 0.3) is 0 Å². The number of benzene rings is 2. The zero-order chi connectivity index (χ0) is 30.5. The molecule has 0 bridgehead atoms. The van der Waals surface area contributed by atoms with E-state index in [2.05, 4.69) is 30.5 Å². The van der Waals surface area contributed by atoms with E-state index in [9.17, 15) is 19.5 Å². The van der Waals surface area contributed by atoms with Crippen molar-refractivity contribution in [1.82, 2.24) is 24.8 Å². The number of hydrogen-bond acceptors (Lipinski definition) is 8. The summed E-state index contributed by atoms with van der Waals surface area (Å²) in [6.45, 7) is 2.15. The Morgan fingerprint density at radius 2 is 1.77 bits per heavy atom. The molecule has 0 saturated carbocycles. The Kier molecular flexibility index (Phi) is 8.76. The quantitative estimate of drug-likeness (QED) is 0.214. The Hall–Kier alpha value is -4.87. The number of nitrogens with zero attached hydrogens (tertiary/aromatic N) is 4. The first-order valence-corrected chi connectivity index (χ1v) is 15.2. The van der Waals surface area contributed by atoms with Crippen LogP contribution in [-0.2, 0) is 35.5 Å². The van der Waals surface area contributed by atoms with Gasteiger partial charge in [-0.15, -0.1) is 0 Å². The topological polar surface area (TPSA) is 154 Å². The average Bonchev–Trinajstić information content (AvgIpc) is 3.47. The first-order chi connectivity index (χ1) is 21.4. The van der Waals surface area contributed by atoms with Gasteiger partial charge in [-0.1, -0.05) is 42.5 Å². The Morgan fingerprint density at radius 3 is 2.55 bits per heavy atom. The fourth-order valence-corrected chi connectivity index (χ4v) is 6.11. The summed E-state index contributed by atoms with van der Waals surface area (Å²) in [6, 6.07) is 15.7. The Labute approximate surface area is 254 Å². The summed E-state index contributed by atoms with van der Waals surface area (Å²) in [7, 11) is 0. The summed E-state index contributed by atoms with van der Waals surface area (Å²) < 4.78 is 6.65. The van der Waals surface area contributed by atoms with Gasteiger partial charge in [0.2, 0.25) is 5.95 Å². The first kappa shape index (κ1) is 29.2. The molecule has 4 N–H and O–H groups in total. The number of anilines is 2. The van der Waals surface area contributed by atoms with Crippen LogP contribution in [0.2, 0.25) is 0 Å². The van der Waals surface area contributed by atoms with Crippen LogP contribution in [0.1, 0.15) is 42.5 Å². The number of alkyl carbamates (subject to hydrolysis) is 1. The molecule has 1 aliphatic carbocycles. The lowest BCUT2D eigenvalue weighted by atomic mass is 9.93. The molecule has 1 saturated heterocycles. The predicted molar refractivity (Wildman–Crippen MR) is 166 cm³/mol. The van der Waals surface area contributed by atoms with Gasteiger partial charge in [0.1, 0.15) is 18.5 Å². The van der Waals surface area contributed by atoms with Gasteiger partial charge in [0.15, 0.2) is 0 Å². The van der Waals surface area contributed by atoms with Gasteiger partial charge in [-0.2, -0.15) is 4.98 Å². The fourth-order valence-electron chi connectivity index (χ4n) is 6.11. The molecule has 1 amide bonds. The number of carboxylic acid groups (broad SMARTS) is 1. The number of fused-ring (bicyclic) bond motifs is 2. The third-order valence-electron chi connectivity index (χ3n) is 8.50. The monoisotopic (exact) mass is 599 g/mol. The van der Waals surface area contributed by atoms with E-state index >= 15 is 0 Å². The van der Waals surface area contributed by atoms with E-state index in [1.807, 2.05) is 54.6 Å². The van der Waals surface area contributed by atoms with Crippen molar-refractivity contribution in [3.8, 4) is 0 Å². The zero-order valence-electron chi connectivity index (χ0n) is 24.5. The second-order valence-corrected chi connectivity index (χ2v) is 11.5. The number of aromatic nitrogens is 4. The Balaban J connectivity index is 1.10. The molecule has 44 heavy (non-hydrogen) atoms. The number of imidazole rings is 1. The number of H-pyrrole nitrogens is 1. The van der Waals surface area contributed by atoms with Crippen molar-refractivity contribution >= 4 is 34.9 Å². The predicted octanol–water partition coefficient (Wildman–Crippen LogP) is 3.71. The first-order valence-electron chi connectivity index (χ1n) is 15.2. The number of aromatic amines is 1. The summed E-state index contributed by atoms with van der Waals surface area (Å²) in [5, 5.41) is 15.7. The van der Waals surface area contributed by atoms with E-state index in [4.69, 9.17) is 4.74 Å². The van der Waals surface area contributed by atoms with Crippen LogP contribution >= 0.6 is 0 Å². The van der Waals surface area contributed by atoms with Crippen molar-refractivity contribution in [1.29, 1.82) is 0 Å². The lowest BCUT2D eigenvalue weighted by Gasteiger charge is -2.35. The largest absolute Gasteiger partial charge is 0.480 e. The third kappa shape index (κ3) is 6.69. The van der Waals surface area contributed by atoms with E-state index in [-0.39, 0.29) is 13.2 Å². The number of carboxylic acids is 1. The number of amides is 1. The Bertz CT molecular complexity index is 1640. The summed E-state index contributed by atoms with van der Waals surface area (Å²) in [4.78, 5) is 52.5. The van der Waals surface area contributed by atoms with E-state index in [1.54, 1.807) is 0 Å². The van der Waals surface area contributed by atoms with E-state index in [0.717, 1.165) is 85.5 Å². The molecular weight excluding hydrogens is 562 g/mol. The number of carbonyl (C=O) groups is 2. The number of ether oxygens (including phenoxy) is 1. The van der Waals surface area contributed by atoms with Crippen LogP contribution in [0, 0.1) is 5.92 Å². The molecule has 0 radical (unpaired) electrons. The fraction of sp³-hybridized carbons (Fsp3) is 0.406. The van der Waals surface area contributed by atoms with Gasteiger partial charge in [-0.3, -0.25) is 4.57 Å². The molecular formula is C32H37N7O5. The van der Waals surface area contributed by atoms with Crippen LogP contribution in [0.15, 0.2) is 59.4 Å². The van der Waals surface area contributed by atoms with E-state index < -0.39 is 23.8 Å². The minimum Gasteiger partial charge on any atom is -0.480 e. The van der Waals surface area contributed by atoms with E-state index in [0.29, 0.717) is 18.2 Å². The normalized spacial score (nSPS) is 15.9. The SMILES string of the molecule is O=C(N[C@@H](Cn1c2c(c(N3CCC(CNc4nc5ccccc5[nH]4)CC3)nc1=O)CCCC2)C(=O)O)OCc1ccccc1. The van der Waals surface area contributed by atoms with Gasteiger partial charge in [-0.25, -0.2) is 19.4 Å². The maximum absolute atomic E-state index is 13.4. The standard InChI is InChI=1S/C32H37N7O5/c40-29(41)26(36-32(43)44-20-22-8-2-1-3-9-22)19-39-27-13-7-4-10-23(27)28(37-31(39)42)38-16-14-21(15-17-38)18-33-30-34-24-11-5-6-12-25(24)35-30/h1-3,5-6,8-9,11-12,21,26H,4,7,10,13-20H2,(H,36,43)(H,40,41)(H2,33,34,35)/t26-/m0/s1. The van der Waals surface area contributed by atoms with Crippen LogP contribution in [0.4, 0.5) is 16.6 Å². The molecule has 0 spiro atoms. The molecule has 4 aromatic rings. The molecule has 0 unspecified atom stereocenters. The molecule has 2 aromatic heterocycles. The van der Waals surface area contributed by atoms with Gasteiger partial charge in [0, 0.05) is 30.9 Å². The van der Waals surface area contributed by atoms with Crippen molar-refractivity contribution < 1.29 is 19.4 Å². The van der Waals surface area contributed by atoms with Gasteiger partial charge in [0.05, 0.1) is 17.6 Å². The molecule has 2 aliphatic rings.